The Kier molecular flexibility index (Phi) is 4.94. The largest absolute Gasteiger partial charge is 0.493 e. The molecule has 0 aliphatic carbocycles. The molecule has 134 valence electrons. The second-order valence-corrected chi connectivity index (χ2v) is 8.14. The molecule has 1 saturated heterocycles. The van der Waals surface area contributed by atoms with Crippen LogP contribution in [0.5, 0.6) is 5.75 Å². The Hall–Kier alpha value is -1.06. The van der Waals surface area contributed by atoms with E-state index in [1.807, 2.05) is 6.07 Å². The third-order valence-electron chi connectivity index (χ3n) is 6.81. The van der Waals surface area contributed by atoms with Gasteiger partial charge in [-0.1, -0.05) is 39.0 Å². The molecule has 1 fully saturated rings. The van der Waals surface area contributed by atoms with Crippen LogP contribution in [0, 0.1) is 5.92 Å². The maximum absolute atomic E-state index is 6.56. The van der Waals surface area contributed by atoms with Crippen LogP contribution in [0.15, 0.2) is 24.3 Å². The molecule has 3 nitrogen and oxygen atoms in total. The van der Waals surface area contributed by atoms with Crippen LogP contribution in [0.4, 0.5) is 0 Å². The average molecular weight is 332 g/mol. The molecule has 3 rings (SSSR count). The molecule has 2 aliphatic heterocycles. The van der Waals surface area contributed by atoms with E-state index in [4.69, 9.17) is 9.57 Å². The number of fused-ring (bicyclic) bond motifs is 1. The zero-order valence-corrected chi connectivity index (χ0v) is 16.0. The number of piperidine rings is 1. The molecule has 0 N–H and O–H groups in total. The monoisotopic (exact) mass is 331 g/mol. The molecule has 3 heteroatoms. The number of rotatable bonds is 5. The third-order valence-corrected chi connectivity index (χ3v) is 6.81. The van der Waals surface area contributed by atoms with E-state index in [0.29, 0.717) is 18.4 Å². The van der Waals surface area contributed by atoms with Crippen LogP contribution in [0.2, 0.25) is 0 Å². The van der Waals surface area contributed by atoms with Crippen molar-refractivity contribution in [2.45, 2.75) is 77.3 Å². The highest BCUT2D eigenvalue weighted by Gasteiger charge is 2.50. The van der Waals surface area contributed by atoms with Crippen molar-refractivity contribution in [3.05, 3.63) is 29.8 Å². The number of hydroxylamine groups is 2. The van der Waals surface area contributed by atoms with Crippen molar-refractivity contribution in [1.29, 1.82) is 0 Å². The number of para-hydroxylation sites is 1. The Morgan fingerprint density at radius 3 is 2.67 bits per heavy atom. The average Bonchev–Trinajstić information content (AvgIpc) is 3.01. The first-order chi connectivity index (χ1) is 11.4. The van der Waals surface area contributed by atoms with Crippen LogP contribution in [-0.4, -0.2) is 29.4 Å². The summed E-state index contributed by atoms with van der Waals surface area (Å²) >= 11 is 0. The maximum Gasteiger partial charge on any atom is 0.123 e. The first-order valence-corrected chi connectivity index (χ1v) is 9.59. The second-order valence-electron chi connectivity index (χ2n) is 8.14. The summed E-state index contributed by atoms with van der Waals surface area (Å²) in [6.45, 7) is 13.1. The van der Waals surface area contributed by atoms with Crippen molar-refractivity contribution in [3.63, 3.8) is 0 Å². The Labute approximate surface area is 147 Å². The van der Waals surface area contributed by atoms with Crippen molar-refractivity contribution in [2.75, 3.05) is 13.2 Å². The summed E-state index contributed by atoms with van der Waals surface area (Å²) in [5, 5.41) is 2.37. The van der Waals surface area contributed by atoms with Gasteiger partial charge in [-0.2, -0.15) is 5.06 Å². The molecule has 0 saturated carbocycles. The van der Waals surface area contributed by atoms with Gasteiger partial charge >= 0.3 is 0 Å². The Morgan fingerprint density at radius 1 is 1.21 bits per heavy atom. The van der Waals surface area contributed by atoms with Gasteiger partial charge in [-0.25, -0.2) is 0 Å². The predicted octanol–water partition coefficient (Wildman–Crippen LogP) is 5.16. The number of hydrogen-bond acceptors (Lipinski definition) is 3. The molecule has 2 aliphatic rings. The molecular formula is C21H33NO2. The summed E-state index contributed by atoms with van der Waals surface area (Å²) in [5.41, 5.74) is 1.51. The van der Waals surface area contributed by atoms with Crippen LogP contribution < -0.4 is 4.74 Å². The molecule has 24 heavy (non-hydrogen) atoms. The minimum atomic E-state index is 0.0992. The van der Waals surface area contributed by atoms with Crippen LogP contribution in [0.1, 0.15) is 71.8 Å². The van der Waals surface area contributed by atoms with E-state index in [1.54, 1.807) is 0 Å². The van der Waals surface area contributed by atoms with Gasteiger partial charge in [-0.3, -0.25) is 4.84 Å². The number of hydrogen-bond donors (Lipinski definition) is 0. The van der Waals surface area contributed by atoms with Crippen LogP contribution in [0.25, 0.3) is 0 Å². The summed E-state index contributed by atoms with van der Waals surface area (Å²) in [4.78, 5) is 6.56. The Morgan fingerprint density at radius 2 is 1.96 bits per heavy atom. The minimum Gasteiger partial charge on any atom is -0.493 e. The van der Waals surface area contributed by atoms with E-state index in [1.165, 1.54) is 18.4 Å². The lowest BCUT2D eigenvalue weighted by Gasteiger charge is -2.57. The molecule has 1 aromatic carbocycles. The maximum atomic E-state index is 6.56. The van der Waals surface area contributed by atoms with Crippen LogP contribution >= 0.6 is 0 Å². The minimum absolute atomic E-state index is 0.0992. The highest BCUT2D eigenvalue weighted by molar-refractivity contribution is 5.39. The van der Waals surface area contributed by atoms with Crippen molar-refractivity contribution in [2.24, 2.45) is 5.92 Å². The van der Waals surface area contributed by atoms with E-state index in [9.17, 15) is 0 Å². The van der Waals surface area contributed by atoms with Gasteiger partial charge in [0.1, 0.15) is 5.75 Å². The first-order valence-electron chi connectivity index (χ1n) is 9.59. The molecule has 2 heterocycles. The Bertz CT molecular complexity index is 575. The van der Waals surface area contributed by atoms with Gasteiger partial charge in [0.15, 0.2) is 0 Å². The Balaban J connectivity index is 1.78. The molecule has 4 atom stereocenters. The molecule has 1 aromatic rings. The molecule has 0 bridgehead atoms. The molecule has 4 unspecified atom stereocenters. The van der Waals surface area contributed by atoms with Crippen LogP contribution in [-0.2, 0) is 4.84 Å². The highest BCUT2D eigenvalue weighted by Crippen LogP contribution is 2.46. The van der Waals surface area contributed by atoms with Gasteiger partial charge in [0.05, 0.1) is 13.2 Å². The van der Waals surface area contributed by atoms with E-state index >= 15 is 0 Å². The quantitative estimate of drug-likeness (QED) is 0.743. The van der Waals surface area contributed by atoms with E-state index in [2.05, 4.69) is 57.9 Å². The van der Waals surface area contributed by atoms with Crippen molar-refractivity contribution < 1.29 is 9.57 Å². The summed E-state index contributed by atoms with van der Waals surface area (Å²) in [5.74, 6) is 2.00. The summed E-state index contributed by atoms with van der Waals surface area (Å²) in [7, 11) is 0. The zero-order chi connectivity index (χ0) is 17.4. The molecule has 0 amide bonds. The number of benzene rings is 1. The smallest absolute Gasteiger partial charge is 0.123 e. The van der Waals surface area contributed by atoms with Gasteiger partial charge in [-0.15, -0.1) is 0 Å². The van der Waals surface area contributed by atoms with E-state index < -0.39 is 0 Å². The summed E-state index contributed by atoms with van der Waals surface area (Å²) < 4.78 is 5.83. The number of nitrogens with zero attached hydrogens (tertiary/aromatic N) is 1. The first kappa shape index (κ1) is 17.8. The summed E-state index contributed by atoms with van der Waals surface area (Å²) in [6.07, 6.45) is 4.72. The lowest BCUT2D eigenvalue weighted by atomic mass is 9.71. The van der Waals surface area contributed by atoms with Crippen molar-refractivity contribution >= 4 is 0 Å². The van der Waals surface area contributed by atoms with E-state index in [0.717, 1.165) is 25.2 Å². The van der Waals surface area contributed by atoms with Crippen LogP contribution in [0.3, 0.4) is 0 Å². The summed E-state index contributed by atoms with van der Waals surface area (Å²) in [6, 6.07) is 8.37. The van der Waals surface area contributed by atoms with Crippen molar-refractivity contribution in [1.82, 2.24) is 5.06 Å². The van der Waals surface area contributed by atoms with Gasteiger partial charge < -0.3 is 4.74 Å². The molecule has 0 radical (unpaired) electrons. The van der Waals surface area contributed by atoms with Gasteiger partial charge in [0.2, 0.25) is 0 Å². The SMILES string of the molecule is CCC1(C)CCC(C)C(C)(CC)N1OCC1COc2ccccc21. The predicted molar refractivity (Wildman–Crippen MR) is 98.3 cm³/mol. The lowest BCUT2D eigenvalue weighted by Crippen LogP contribution is -2.63. The van der Waals surface area contributed by atoms with Gasteiger partial charge in [-0.05, 0) is 51.5 Å². The fourth-order valence-corrected chi connectivity index (χ4v) is 4.40. The second kappa shape index (κ2) is 6.68. The zero-order valence-electron chi connectivity index (χ0n) is 16.0. The fraction of sp³-hybridized carbons (Fsp3) is 0.714. The number of ether oxygens (including phenoxy) is 1. The van der Waals surface area contributed by atoms with E-state index in [-0.39, 0.29) is 11.1 Å². The standard InChI is InChI=1S/C21H33NO2/c1-6-20(4)13-12-16(3)21(5,7-2)22(20)24-15-17-14-23-19-11-9-8-10-18(17)19/h8-11,16-17H,6-7,12-15H2,1-5H3. The lowest BCUT2D eigenvalue weighted by molar-refractivity contribution is -0.305. The van der Waals surface area contributed by atoms with Crippen molar-refractivity contribution in [3.8, 4) is 5.75 Å². The molecule has 0 aromatic heterocycles. The topological polar surface area (TPSA) is 21.7 Å². The highest BCUT2D eigenvalue weighted by atomic mass is 16.7. The van der Waals surface area contributed by atoms with Gasteiger partial charge in [0, 0.05) is 22.6 Å². The third kappa shape index (κ3) is 2.86. The molecular weight excluding hydrogens is 298 g/mol. The molecule has 0 spiro atoms. The fourth-order valence-electron chi connectivity index (χ4n) is 4.40. The van der Waals surface area contributed by atoms with Gasteiger partial charge in [0.25, 0.3) is 0 Å². The normalized spacial score (nSPS) is 36.4.